The minimum Gasteiger partial charge on any atom is -0.352 e. The Hall–Kier alpha value is -1.06. The van der Waals surface area contributed by atoms with E-state index in [2.05, 4.69) is 17.6 Å². The van der Waals surface area contributed by atoms with Crippen LogP contribution in [0.25, 0.3) is 0 Å². The summed E-state index contributed by atoms with van der Waals surface area (Å²) in [5.41, 5.74) is 1.02. The molecule has 3 nitrogen and oxygen atoms in total. The minimum absolute atomic E-state index is 0.0540. The van der Waals surface area contributed by atoms with Crippen LogP contribution >= 0.6 is 11.6 Å². The molecule has 4 heteroatoms. The summed E-state index contributed by atoms with van der Waals surface area (Å²) in [6.07, 6.45) is 2.48. The van der Waals surface area contributed by atoms with Gasteiger partial charge in [0.05, 0.1) is 6.54 Å². The van der Waals surface area contributed by atoms with Crippen molar-refractivity contribution in [3.63, 3.8) is 0 Å². The maximum Gasteiger partial charge on any atom is 0.234 e. The fourth-order valence-corrected chi connectivity index (χ4v) is 2.50. The highest BCUT2D eigenvalue weighted by Crippen LogP contribution is 2.32. The number of nitrogens with one attached hydrogen (secondary N) is 2. The molecule has 1 amide bonds. The molecule has 0 radical (unpaired) electrons. The molecule has 2 N–H and O–H groups in total. The first-order valence-corrected chi connectivity index (χ1v) is 7.23. The van der Waals surface area contributed by atoms with Crippen LogP contribution < -0.4 is 10.6 Å². The van der Waals surface area contributed by atoms with Crippen molar-refractivity contribution in [1.29, 1.82) is 0 Å². The fourth-order valence-electron chi connectivity index (χ4n) is 2.20. The summed E-state index contributed by atoms with van der Waals surface area (Å²) in [4.78, 5) is 11.8. The van der Waals surface area contributed by atoms with E-state index in [1.165, 1.54) is 12.8 Å². The second-order valence-corrected chi connectivity index (χ2v) is 5.72. The van der Waals surface area contributed by atoms with E-state index in [1.807, 2.05) is 31.2 Å². The van der Waals surface area contributed by atoms with Crippen LogP contribution in [0.5, 0.6) is 0 Å². The van der Waals surface area contributed by atoms with Gasteiger partial charge in [0.25, 0.3) is 0 Å². The molecular weight excluding hydrogens is 260 g/mol. The van der Waals surface area contributed by atoms with Gasteiger partial charge in [0.15, 0.2) is 0 Å². The number of halogens is 1. The molecule has 1 fully saturated rings. The highest BCUT2D eigenvalue weighted by molar-refractivity contribution is 6.31. The number of rotatable bonds is 6. The zero-order valence-corrected chi connectivity index (χ0v) is 12.2. The lowest BCUT2D eigenvalue weighted by Crippen LogP contribution is -2.40. The van der Waals surface area contributed by atoms with Crippen molar-refractivity contribution in [3.8, 4) is 0 Å². The summed E-state index contributed by atoms with van der Waals surface area (Å²) in [5.74, 6) is 0.739. The van der Waals surface area contributed by atoms with Gasteiger partial charge in [-0.2, -0.15) is 0 Å². The number of carbonyl (C=O) groups is 1. The minimum atomic E-state index is 0.0540. The van der Waals surface area contributed by atoms with Crippen LogP contribution in [0.2, 0.25) is 5.02 Å². The molecule has 1 aliphatic carbocycles. The highest BCUT2D eigenvalue weighted by Gasteiger charge is 2.28. The Bertz CT molecular complexity index is 446. The molecule has 2 rings (SSSR count). The Balaban J connectivity index is 1.78. The normalized spacial score (nSPS) is 17.8. The van der Waals surface area contributed by atoms with Crippen molar-refractivity contribution < 1.29 is 4.79 Å². The summed E-state index contributed by atoms with van der Waals surface area (Å²) in [6.45, 7) is 4.41. The van der Waals surface area contributed by atoms with Gasteiger partial charge in [-0.3, -0.25) is 4.79 Å². The van der Waals surface area contributed by atoms with Gasteiger partial charge in [0.2, 0.25) is 5.91 Å². The quantitative estimate of drug-likeness (QED) is 0.841. The van der Waals surface area contributed by atoms with E-state index < -0.39 is 0 Å². The molecule has 1 aliphatic rings. The Morgan fingerprint density at radius 1 is 1.37 bits per heavy atom. The summed E-state index contributed by atoms with van der Waals surface area (Å²) >= 11 is 6.13. The summed E-state index contributed by atoms with van der Waals surface area (Å²) < 4.78 is 0. The van der Waals surface area contributed by atoms with Crippen molar-refractivity contribution >= 4 is 17.5 Å². The maximum atomic E-state index is 11.8. The standard InChI is InChI=1S/C15H21ClN2O/c1-10(12-7-8-12)18-15(19)9-17-11(2)13-5-3-4-6-14(13)16/h3-6,10-12,17H,7-9H2,1-2H3,(H,18,19)/t10-,11+/m1/s1. The van der Waals surface area contributed by atoms with E-state index in [4.69, 9.17) is 11.6 Å². The smallest absolute Gasteiger partial charge is 0.234 e. The molecule has 0 spiro atoms. The van der Waals surface area contributed by atoms with Crippen molar-refractivity contribution in [2.75, 3.05) is 6.54 Å². The molecular formula is C15H21ClN2O. The van der Waals surface area contributed by atoms with E-state index in [0.29, 0.717) is 18.5 Å². The predicted octanol–water partition coefficient (Wildman–Crippen LogP) is 2.91. The molecule has 104 valence electrons. The number of hydrogen-bond acceptors (Lipinski definition) is 2. The van der Waals surface area contributed by atoms with Crippen molar-refractivity contribution in [1.82, 2.24) is 10.6 Å². The van der Waals surface area contributed by atoms with Gasteiger partial charge in [0, 0.05) is 17.1 Å². The molecule has 0 heterocycles. The van der Waals surface area contributed by atoms with E-state index in [9.17, 15) is 4.79 Å². The average Bonchev–Trinajstić information content (AvgIpc) is 3.20. The Kier molecular flexibility index (Phi) is 4.83. The van der Waals surface area contributed by atoms with Crippen LogP contribution in [-0.4, -0.2) is 18.5 Å². The fraction of sp³-hybridized carbons (Fsp3) is 0.533. The Morgan fingerprint density at radius 3 is 2.68 bits per heavy atom. The van der Waals surface area contributed by atoms with E-state index in [0.717, 1.165) is 10.6 Å². The van der Waals surface area contributed by atoms with E-state index in [1.54, 1.807) is 0 Å². The maximum absolute atomic E-state index is 11.8. The Labute approximate surface area is 119 Å². The number of benzene rings is 1. The van der Waals surface area contributed by atoms with Crippen LogP contribution in [0.1, 0.15) is 38.3 Å². The zero-order chi connectivity index (χ0) is 13.8. The first kappa shape index (κ1) is 14.4. The molecule has 0 aliphatic heterocycles. The lowest BCUT2D eigenvalue weighted by molar-refractivity contribution is -0.121. The molecule has 1 saturated carbocycles. The van der Waals surface area contributed by atoms with Crippen LogP contribution in [0.3, 0.4) is 0 Å². The van der Waals surface area contributed by atoms with E-state index in [-0.39, 0.29) is 11.9 Å². The van der Waals surface area contributed by atoms with Crippen LogP contribution in [0, 0.1) is 5.92 Å². The second-order valence-electron chi connectivity index (χ2n) is 5.32. The SMILES string of the molecule is C[C@H](NCC(=O)N[C@H](C)C1CC1)c1ccccc1Cl. The average molecular weight is 281 g/mol. The lowest BCUT2D eigenvalue weighted by Gasteiger charge is -2.17. The predicted molar refractivity (Wildman–Crippen MR) is 78.2 cm³/mol. The molecule has 2 atom stereocenters. The van der Waals surface area contributed by atoms with Crippen molar-refractivity contribution in [3.05, 3.63) is 34.9 Å². The molecule has 0 unspecified atom stereocenters. The van der Waals surface area contributed by atoms with Gasteiger partial charge < -0.3 is 10.6 Å². The lowest BCUT2D eigenvalue weighted by atomic mass is 10.1. The van der Waals surface area contributed by atoms with Crippen molar-refractivity contribution in [2.45, 2.75) is 38.8 Å². The second kappa shape index (κ2) is 6.40. The van der Waals surface area contributed by atoms with Gasteiger partial charge in [-0.25, -0.2) is 0 Å². The first-order chi connectivity index (χ1) is 9.08. The zero-order valence-electron chi connectivity index (χ0n) is 11.4. The summed E-state index contributed by atoms with van der Waals surface area (Å²) in [7, 11) is 0. The number of carbonyl (C=O) groups excluding carboxylic acids is 1. The number of hydrogen-bond donors (Lipinski definition) is 2. The largest absolute Gasteiger partial charge is 0.352 e. The van der Waals surface area contributed by atoms with Gasteiger partial charge in [-0.15, -0.1) is 0 Å². The monoisotopic (exact) mass is 280 g/mol. The van der Waals surface area contributed by atoms with Crippen LogP contribution in [0.4, 0.5) is 0 Å². The van der Waals surface area contributed by atoms with Crippen LogP contribution in [0.15, 0.2) is 24.3 Å². The third-order valence-electron chi connectivity index (χ3n) is 3.66. The molecule has 0 aromatic heterocycles. The third-order valence-corrected chi connectivity index (χ3v) is 4.00. The Morgan fingerprint density at radius 2 is 2.05 bits per heavy atom. The van der Waals surface area contributed by atoms with Crippen LogP contribution in [-0.2, 0) is 4.79 Å². The van der Waals surface area contributed by atoms with Crippen molar-refractivity contribution in [2.24, 2.45) is 5.92 Å². The molecule has 0 bridgehead atoms. The molecule has 1 aromatic rings. The summed E-state index contributed by atoms with van der Waals surface area (Å²) in [6, 6.07) is 8.06. The topological polar surface area (TPSA) is 41.1 Å². The van der Waals surface area contributed by atoms with Gasteiger partial charge in [-0.05, 0) is 44.2 Å². The third kappa shape index (κ3) is 4.22. The highest BCUT2D eigenvalue weighted by atomic mass is 35.5. The van der Waals surface area contributed by atoms with Gasteiger partial charge in [-0.1, -0.05) is 29.8 Å². The van der Waals surface area contributed by atoms with Gasteiger partial charge >= 0.3 is 0 Å². The number of amides is 1. The molecule has 19 heavy (non-hydrogen) atoms. The first-order valence-electron chi connectivity index (χ1n) is 6.85. The summed E-state index contributed by atoms with van der Waals surface area (Å²) in [5, 5.41) is 6.97. The van der Waals surface area contributed by atoms with Gasteiger partial charge in [0.1, 0.15) is 0 Å². The molecule has 1 aromatic carbocycles. The van der Waals surface area contributed by atoms with E-state index >= 15 is 0 Å². The molecule has 0 saturated heterocycles.